The van der Waals surface area contributed by atoms with Gasteiger partial charge < -0.3 is 23.7 Å². The largest absolute Gasteiger partial charge is 0.373 e. The van der Waals surface area contributed by atoms with E-state index in [1.165, 1.54) is 0 Å². The third-order valence-electron chi connectivity index (χ3n) is 4.36. The molecular formula is C18H26O5. The average Bonchev–Trinajstić information content (AvgIpc) is 2.87. The highest BCUT2D eigenvalue weighted by Crippen LogP contribution is 2.39. The van der Waals surface area contributed by atoms with Crippen molar-refractivity contribution in [3.8, 4) is 0 Å². The Kier molecular flexibility index (Phi) is 5.04. The van der Waals surface area contributed by atoms with E-state index in [2.05, 4.69) is 6.92 Å². The second-order valence-electron chi connectivity index (χ2n) is 6.51. The number of hydrogen-bond donors (Lipinski definition) is 0. The summed E-state index contributed by atoms with van der Waals surface area (Å²) in [5, 5.41) is 0. The van der Waals surface area contributed by atoms with Crippen molar-refractivity contribution in [3.63, 3.8) is 0 Å². The van der Waals surface area contributed by atoms with E-state index < -0.39 is 12.1 Å². The molecule has 0 amide bonds. The zero-order chi connectivity index (χ0) is 16.4. The van der Waals surface area contributed by atoms with E-state index in [1.54, 1.807) is 7.11 Å². The van der Waals surface area contributed by atoms with Crippen LogP contribution >= 0.6 is 0 Å². The molecule has 2 saturated heterocycles. The van der Waals surface area contributed by atoms with Gasteiger partial charge in [-0.15, -0.1) is 0 Å². The van der Waals surface area contributed by atoms with E-state index in [0.717, 1.165) is 12.0 Å². The first kappa shape index (κ1) is 16.9. The predicted octanol–water partition coefficient (Wildman–Crippen LogP) is 2.87. The summed E-state index contributed by atoms with van der Waals surface area (Å²) in [6.07, 6.45) is -0.320. The molecule has 1 aromatic carbocycles. The van der Waals surface area contributed by atoms with Gasteiger partial charge in [0.2, 0.25) is 0 Å². The first-order chi connectivity index (χ1) is 11.0. The van der Waals surface area contributed by atoms with Crippen molar-refractivity contribution in [3.05, 3.63) is 35.9 Å². The third kappa shape index (κ3) is 3.59. The molecule has 0 aliphatic carbocycles. The summed E-state index contributed by atoms with van der Waals surface area (Å²) in [6.45, 7) is 6.40. The smallest absolute Gasteiger partial charge is 0.187 e. The van der Waals surface area contributed by atoms with Gasteiger partial charge in [-0.25, -0.2) is 0 Å². The number of hydrogen-bond acceptors (Lipinski definition) is 5. The summed E-state index contributed by atoms with van der Waals surface area (Å²) in [7, 11) is 1.66. The monoisotopic (exact) mass is 322 g/mol. The Balaban J connectivity index is 1.72. The van der Waals surface area contributed by atoms with Crippen LogP contribution in [0.5, 0.6) is 0 Å². The first-order valence-electron chi connectivity index (χ1n) is 8.23. The topological polar surface area (TPSA) is 46.2 Å². The lowest BCUT2D eigenvalue weighted by Gasteiger charge is -2.41. The van der Waals surface area contributed by atoms with Gasteiger partial charge in [0.05, 0.1) is 12.7 Å². The zero-order valence-electron chi connectivity index (χ0n) is 14.2. The van der Waals surface area contributed by atoms with Crippen LogP contribution in [0.4, 0.5) is 0 Å². The summed E-state index contributed by atoms with van der Waals surface area (Å²) in [4.78, 5) is 0. The molecule has 0 saturated carbocycles. The van der Waals surface area contributed by atoms with Crippen molar-refractivity contribution in [1.82, 2.24) is 0 Å². The molecule has 0 spiro atoms. The minimum atomic E-state index is -0.628. The molecule has 128 valence electrons. The highest BCUT2D eigenvalue weighted by Gasteiger charge is 2.55. The van der Waals surface area contributed by atoms with Crippen LogP contribution in [-0.4, -0.2) is 43.6 Å². The molecule has 2 heterocycles. The predicted molar refractivity (Wildman–Crippen MR) is 84.8 cm³/mol. The Morgan fingerprint density at radius 3 is 2.43 bits per heavy atom. The molecule has 3 rings (SSSR count). The van der Waals surface area contributed by atoms with Gasteiger partial charge in [-0.1, -0.05) is 37.3 Å². The highest BCUT2D eigenvalue weighted by molar-refractivity contribution is 5.13. The van der Waals surface area contributed by atoms with Crippen LogP contribution in [-0.2, 0) is 30.3 Å². The standard InChI is InChI=1S/C18H26O5/c1-5-13-14-15(23-18(2,3)22-14)16(19-4)17(21-13)20-11-12-9-7-6-8-10-12/h6-10,13-17H,5,11H2,1-4H3. The van der Waals surface area contributed by atoms with Crippen molar-refractivity contribution in [1.29, 1.82) is 0 Å². The molecule has 23 heavy (non-hydrogen) atoms. The molecule has 5 atom stereocenters. The van der Waals surface area contributed by atoms with E-state index in [0.29, 0.717) is 6.61 Å². The van der Waals surface area contributed by atoms with Gasteiger partial charge >= 0.3 is 0 Å². The number of methoxy groups -OCH3 is 1. The van der Waals surface area contributed by atoms with E-state index >= 15 is 0 Å². The second kappa shape index (κ2) is 6.87. The van der Waals surface area contributed by atoms with E-state index in [-0.39, 0.29) is 24.4 Å². The molecule has 0 N–H and O–H groups in total. The summed E-state index contributed by atoms with van der Waals surface area (Å²) in [6, 6.07) is 10.0. The Morgan fingerprint density at radius 1 is 1.09 bits per heavy atom. The number of ether oxygens (including phenoxy) is 5. The molecule has 0 radical (unpaired) electrons. The number of fused-ring (bicyclic) bond motifs is 1. The minimum Gasteiger partial charge on any atom is -0.373 e. The van der Waals surface area contributed by atoms with Crippen LogP contribution in [0.15, 0.2) is 30.3 Å². The van der Waals surface area contributed by atoms with Crippen LogP contribution in [0.2, 0.25) is 0 Å². The third-order valence-corrected chi connectivity index (χ3v) is 4.36. The molecule has 1 aromatic rings. The maximum absolute atomic E-state index is 6.12. The van der Waals surface area contributed by atoms with Gasteiger partial charge in [-0.05, 0) is 25.8 Å². The van der Waals surface area contributed by atoms with Gasteiger partial charge in [-0.3, -0.25) is 0 Å². The Morgan fingerprint density at radius 2 is 1.78 bits per heavy atom. The maximum Gasteiger partial charge on any atom is 0.187 e. The molecule has 5 unspecified atom stereocenters. The normalized spacial score (nSPS) is 35.9. The quantitative estimate of drug-likeness (QED) is 0.834. The van der Waals surface area contributed by atoms with E-state index in [9.17, 15) is 0 Å². The van der Waals surface area contributed by atoms with Crippen LogP contribution < -0.4 is 0 Å². The highest BCUT2D eigenvalue weighted by atomic mass is 16.8. The first-order valence-corrected chi connectivity index (χ1v) is 8.23. The molecule has 2 fully saturated rings. The summed E-state index contributed by atoms with van der Waals surface area (Å²) >= 11 is 0. The minimum absolute atomic E-state index is 0.0612. The summed E-state index contributed by atoms with van der Waals surface area (Å²) < 4.78 is 29.8. The molecule has 5 nitrogen and oxygen atoms in total. The van der Waals surface area contributed by atoms with Gasteiger partial charge in [0.1, 0.15) is 18.3 Å². The van der Waals surface area contributed by atoms with Crippen molar-refractivity contribution < 1.29 is 23.7 Å². The number of benzene rings is 1. The van der Waals surface area contributed by atoms with Crippen LogP contribution in [0.25, 0.3) is 0 Å². The molecular weight excluding hydrogens is 296 g/mol. The Labute approximate surface area is 137 Å². The van der Waals surface area contributed by atoms with Crippen LogP contribution in [0, 0.1) is 0 Å². The SMILES string of the molecule is CCC1OC(OCc2ccccc2)C(OC)C2OC(C)(C)OC12. The maximum atomic E-state index is 6.12. The molecule has 0 bridgehead atoms. The van der Waals surface area contributed by atoms with Crippen molar-refractivity contribution in [2.75, 3.05) is 7.11 Å². The van der Waals surface area contributed by atoms with Gasteiger partial charge in [-0.2, -0.15) is 0 Å². The lowest BCUT2D eigenvalue weighted by molar-refractivity contribution is -0.286. The Hall–Kier alpha value is -0.980. The average molecular weight is 322 g/mol. The van der Waals surface area contributed by atoms with Gasteiger partial charge in [0.15, 0.2) is 12.1 Å². The molecule has 5 heteroatoms. The number of rotatable bonds is 5. The fraction of sp³-hybridized carbons (Fsp3) is 0.667. The summed E-state index contributed by atoms with van der Waals surface area (Å²) in [5.41, 5.74) is 1.10. The van der Waals surface area contributed by atoms with Crippen molar-refractivity contribution in [2.24, 2.45) is 0 Å². The van der Waals surface area contributed by atoms with Crippen molar-refractivity contribution in [2.45, 2.75) is 70.3 Å². The second-order valence-corrected chi connectivity index (χ2v) is 6.51. The molecule has 2 aliphatic heterocycles. The Bertz CT molecular complexity index is 503. The lowest BCUT2D eigenvalue weighted by Crippen LogP contribution is -2.57. The fourth-order valence-corrected chi connectivity index (χ4v) is 3.30. The summed E-state index contributed by atoms with van der Waals surface area (Å²) in [5.74, 6) is -0.628. The molecule has 2 aliphatic rings. The lowest BCUT2D eigenvalue weighted by atomic mass is 9.97. The fourth-order valence-electron chi connectivity index (χ4n) is 3.30. The van der Waals surface area contributed by atoms with Gasteiger partial charge in [0, 0.05) is 7.11 Å². The zero-order valence-corrected chi connectivity index (χ0v) is 14.2. The van der Waals surface area contributed by atoms with Crippen molar-refractivity contribution >= 4 is 0 Å². The van der Waals surface area contributed by atoms with Crippen LogP contribution in [0.1, 0.15) is 32.8 Å². The molecule has 0 aromatic heterocycles. The van der Waals surface area contributed by atoms with E-state index in [4.69, 9.17) is 23.7 Å². The van der Waals surface area contributed by atoms with E-state index in [1.807, 2.05) is 44.2 Å². The van der Waals surface area contributed by atoms with Gasteiger partial charge in [0.25, 0.3) is 0 Å². The van der Waals surface area contributed by atoms with Crippen LogP contribution in [0.3, 0.4) is 0 Å².